The first kappa shape index (κ1) is 14.7. The van der Waals surface area contributed by atoms with Crippen LogP contribution in [-0.4, -0.2) is 32.3 Å². The highest BCUT2D eigenvalue weighted by Crippen LogP contribution is 2.22. The fourth-order valence-electron chi connectivity index (χ4n) is 1.96. The van der Waals surface area contributed by atoms with E-state index in [0.717, 1.165) is 24.2 Å². The first-order chi connectivity index (χ1) is 8.90. The Bertz CT molecular complexity index is 485. The van der Waals surface area contributed by atoms with Crippen LogP contribution in [0.15, 0.2) is 0 Å². The molecule has 1 heterocycles. The average molecular weight is 267 g/mol. The van der Waals surface area contributed by atoms with Crippen LogP contribution in [0.4, 0.5) is 10.7 Å². The van der Waals surface area contributed by atoms with Crippen LogP contribution in [0.3, 0.4) is 0 Å². The van der Waals surface area contributed by atoms with Crippen LogP contribution < -0.4 is 11.1 Å². The number of carbonyl (C=O) groups is 1. The second kappa shape index (κ2) is 6.53. The first-order valence-corrected chi connectivity index (χ1v) is 5.79. The van der Waals surface area contributed by atoms with Crippen LogP contribution >= 0.6 is 0 Å². The zero-order valence-electron chi connectivity index (χ0n) is 10.6. The molecule has 8 heteroatoms. The number of hydrogen-bond donors (Lipinski definition) is 5. The van der Waals surface area contributed by atoms with Gasteiger partial charge in [0.15, 0.2) is 5.96 Å². The Morgan fingerprint density at radius 3 is 2.47 bits per heavy atom. The Labute approximate surface area is 110 Å². The number of anilines is 1. The highest BCUT2D eigenvalue weighted by atomic mass is 16.6. The molecule has 0 radical (unpaired) electrons. The summed E-state index contributed by atoms with van der Waals surface area (Å²) in [6, 6.07) is 0. The summed E-state index contributed by atoms with van der Waals surface area (Å²) in [5.41, 5.74) is 8.63. The molecule has 0 bridgehead atoms. The van der Waals surface area contributed by atoms with Gasteiger partial charge in [-0.15, -0.1) is 0 Å². The van der Waals surface area contributed by atoms with Crippen molar-refractivity contribution >= 4 is 18.1 Å². The molecule has 0 atom stereocenters. The van der Waals surface area contributed by atoms with E-state index in [1.807, 2.05) is 6.92 Å². The van der Waals surface area contributed by atoms with Gasteiger partial charge < -0.3 is 15.9 Å². The molecule has 0 saturated carbocycles. The average Bonchev–Trinajstić information content (AvgIpc) is 2.27. The molecule has 8 nitrogen and oxygen atoms in total. The number of rotatable bonds is 1. The third kappa shape index (κ3) is 4.78. The lowest BCUT2D eigenvalue weighted by Crippen LogP contribution is -2.23. The topological polar surface area (TPSA) is 145 Å². The van der Waals surface area contributed by atoms with E-state index in [-0.39, 0.29) is 5.96 Å². The Kier molecular flexibility index (Phi) is 5.04. The second-order valence-electron chi connectivity index (χ2n) is 4.09. The van der Waals surface area contributed by atoms with E-state index >= 15 is 0 Å². The number of carboxylic acid groups (broad SMARTS) is 2. The summed E-state index contributed by atoms with van der Waals surface area (Å²) < 4.78 is 0. The van der Waals surface area contributed by atoms with E-state index in [0.29, 0.717) is 5.95 Å². The normalized spacial score (nSPS) is 12.7. The van der Waals surface area contributed by atoms with E-state index in [2.05, 4.69) is 15.3 Å². The van der Waals surface area contributed by atoms with Gasteiger partial charge in [0.05, 0.1) is 0 Å². The highest BCUT2D eigenvalue weighted by molar-refractivity contribution is 5.87. The molecular weight excluding hydrogens is 250 g/mol. The molecule has 104 valence electrons. The van der Waals surface area contributed by atoms with Crippen molar-refractivity contribution in [1.29, 1.82) is 5.41 Å². The summed E-state index contributed by atoms with van der Waals surface area (Å²) in [4.78, 5) is 17.2. The summed E-state index contributed by atoms with van der Waals surface area (Å²) in [5.74, 6) is 0.325. The molecule has 0 fully saturated rings. The summed E-state index contributed by atoms with van der Waals surface area (Å²) in [5, 5.41) is 23.7. The van der Waals surface area contributed by atoms with Crippen molar-refractivity contribution in [3.8, 4) is 0 Å². The van der Waals surface area contributed by atoms with Gasteiger partial charge in [0.25, 0.3) is 0 Å². The van der Waals surface area contributed by atoms with Crippen molar-refractivity contribution in [1.82, 2.24) is 9.97 Å². The van der Waals surface area contributed by atoms with Crippen molar-refractivity contribution < 1.29 is 15.0 Å². The van der Waals surface area contributed by atoms with Crippen LogP contribution in [0.25, 0.3) is 0 Å². The predicted molar refractivity (Wildman–Crippen MR) is 69.6 cm³/mol. The third-order valence-electron chi connectivity index (χ3n) is 2.64. The molecule has 0 amide bonds. The van der Waals surface area contributed by atoms with Crippen LogP contribution in [0.5, 0.6) is 0 Å². The molecule has 1 aromatic rings. The monoisotopic (exact) mass is 267 g/mol. The summed E-state index contributed by atoms with van der Waals surface area (Å²) in [6.45, 7) is 1.98. The maximum atomic E-state index is 8.56. The minimum atomic E-state index is -1.83. The quantitative estimate of drug-likeness (QED) is 0.379. The van der Waals surface area contributed by atoms with Crippen molar-refractivity contribution in [2.24, 2.45) is 5.73 Å². The summed E-state index contributed by atoms with van der Waals surface area (Å²) in [7, 11) is 0. The van der Waals surface area contributed by atoms with Gasteiger partial charge in [-0.2, -0.15) is 0 Å². The standard InChI is InChI=1S/C10H15N5.CH2O3/c1-6-7-4-2-3-5-8(7)14-10(13-6)15-9(11)12;2-1(3)4/h2-5H2,1H3,(H4,11,12,13,14,15);(H2,2,3,4). The van der Waals surface area contributed by atoms with Gasteiger partial charge in [-0.25, -0.2) is 14.8 Å². The molecule has 1 aliphatic rings. The van der Waals surface area contributed by atoms with E-state index in [4.69, 9.17) is 26.2 Å². The lowest BCUT2D eigenvalue weighted by atomic mass is 9.95. The Morgan fingerprint density at radius 1 is 1.32 bits per heavy atom. The van der Waals surface area contributed by atoms with Crippen molar-refractivity contribution in [2.45, 2.75) is 32.6 Å². The van der Waals surface area contributed by atoms with E-state index in [1.54, 1.807) is 0 Å². The molecule has 1 aromatic heterocycles. The zero-order chi connectivity index (χ0) is 14.4. The van der Waals surface area contributed by atoms with Gasteiger partial charge in [-0.3, -0.25) is 10.7 Å². The number of aryl methyl sites for hydroxylation is 2. The van der Waals surface area contributed by atoms with Crippen molar-refractivity contribution in [3.63, 3.8) is 0 Å². The van der Waals surface area contributed by atoms with Crippen molar-refractivity contribution in [2.75, 3.05) is 5.32 Å². The molecule has 2 rings (SSSR count). The minimum Gasteiger partial charge on any atom is -0.450 e. The molecule has 1 aliphatic carbocycles. The molecular formula is C11H17N5O3. The number of fused-ring (bicyclic) bond motifs is 1. The number of nitrogens with zero attached hydrogens (tertiary/aromatic N) is 2. The fourth-order valence-corrected chi connectivity index (χ4v) is 1.96. The smallest absolute Gasteiger partial charge is 0.450 e. The van der Waals surface area contributed by atoms with E-state index < -0.39 is 6.16 Å². The molecule has 0 spiro atoms. The summed E-state index contributed by atoms with van der Waals surface area (Å²) >= 11 is 0. The molecule has 0 aliphatic heterocycles. The van der Waals surface area contributed by atoms with Crippen LogP contribution in [0.1, 0.15) is 29.8 Å². The predicted octanol–water partition coefficient (Wildman–Crippen LogP) is 1.19. The Balaban J connectivity index is 0.000000399. The van der Waals surface area contributed by atoms with Gasteiger partial charge in [-0.05, 0) is 38.2 Å². The van der Waals surface area contributed by atoms with Gasteiger partial charge in [-0.1, -0.05) is 0 Å². The molecule has 0 aromatic carbocycles. The Morgan fingerprint density at radius 2 is 1.89 bits per heavy atom. The van der Waals surface area contributed by atoms with Gasteiger partial charge in [0.2, 0.25) is 5.95 Å². The summed E-state index contributed by atoms with van der Waals surface area (Å²) in [6.07, 6.45) is 2.65. The highest BCUT2D eigenvalue weighted by Gasteiger charge is 2.15. The molecule has 6 N–H and O–H groups in total. The number of nitrogens with one attached hydrogen (secondary N) is 2. The number of aromatic nitrogens is 2. The number of hydrogen-bond acceptors (Lipinski definition) is 4. The third-order valence-corrected chi connectivity index (χ3v) is 2.64. The second-order valence-corrected chi connectivity index (χ2v) is 4.09. The lowest BCUT2D eigenvalue weighted by molar-refractivity contribution is 0.137. The van der Waals surface area contributed by atoms with Crippen molar-refractivity contribution in [3.05, 3.63) is 17.0 Å². The maximum Gasteiger partial charge on any atom is 0.503 e. The molecule has 19 heavy (non-hydrogen) atoms. The Hall–Kier alpha value is -2.38. The van der Waals surface area contributed by atoms with Gasteiger partial charge in [0.1, 0.15) is 0 Å². The molecule has 0 unspecified atom stereocenters. The lowest BCUT2D eigenvalue weighted by Gasteiger charge is -2.17. The molecule has 0 saturated heterocycles. The zero-order valence-corrected chi connectivity index (χ0v) is 10.6. The SMILES string of the molecule is Cc1nc(NC(=N)N)nc2c1CCCC2.O=C(O)O. The first-order valence-electron chi connectivity index (χ1n) is 5.79. The van der Waals surface area contributed by atoms with Gasteiger partial charge in [0, 0.05) is 11.4 Å². The fraction of sp³-hybridized carbons (Fsp3) is 0.455. The van der Waals surface area contributed by atoms with Crippen LogP contribution in [0.2, 0.25) is 0 Å². The van der Waals surface area contributed by atoms with E-state index in [1.165, 1.54) is 18.4 Å². The largest absolute Gasteiger partial charge is 0.503 e. The van der Waals surface area contributed by atoms with Gasteiger partial charge >= 0.3 is 6.16 Å². The van der Waals surface area contributed by atoms with Crippen LogP contribution in [-0.2, 0) is 12.8 Å². The number of nitrogens with two attached hydrogens (primary N) is 1. The number of guanidine groups is 1. The van der Waals surface area contributed by atoms with Crippen LogP contribution in [0, 0.1) is 12.3 Å². The minimum absolute atomic E-state index is 0.120. The van der Waals surface area contributed by atoms with E-state index in [9.17, 15) is 0 Å². The maximum absolute atomic E-state index is 8.56.